The Hall–Kier alpha value is -1.32. The number of carbonyl (C=O) groups excluding carboxylic acids is 1. The number of rotatable bonds is 5. The molecule has 2 aliphatic rings. The number of halogens is 1. The van der Waals surface area contributed by atoms with Crippen molar-refractivity contribution in [2.75, 3.05) is 19.6 Å². The lowest BCUT2D eigenvalue weighted by Crippen LogP contribution is -2.45. The van der Waals surface area contributed by atoms with Crippen LogP contribution in [-0.4, -0.2) is 52.2 Å². The average molecular weight is 488 g/mol. The highest BCUT2D eigenvalue weighted by Gasteiger charge is 2.31. The molecule has 0 aromatic carbocycles. The van der Waals surface area contributed by atoms with Gasteiger partial charge in [0.1, 0.15) is 0 Å². The molecule has 1 aromatic heterocycles. The summed E-state index contributed by atoms with van der Waals surface area (Å²) in [6, 6.07) is 2.25. The fourth-order valence-electron chi connectivity index (χ4n) is 3.92. The predicted molar refractivity (Wildman–Crippen MR) is 118 cm³/mol. The van der Waals surface area contributed by atoms with Gasteiger partial charge in [0, 0.05) is 44.8 Å². The Balaban J connectivity index is 0.00000261. The van der Waals surface area contributed by atoms with E-state index in [2.05, 4.69) is 32.5 Å². The van der Waals surface area contributed by atoms with Crippen molar-refractivity contribution < 1.29 is 4.79 Å². The predicted octanol–water partition coefficient (Wildman–Crippen LogP) is 2.27. The van der Waals surface area contributed by atoms with E-state index in [-0.39, 0.29) is 35.9 Å². The van der Waals surface area contributed by atoms with Gasteiger partial charge in [0.15, 0.2) is 5.96 Å². The van der Waals surface area contributed by atoms with E-state index < -0.39 is 0 Å². The molecule has 1 aliphatic carbocycles. The summed E-state index contributed by atoms with van der Waals surface area (Å²) in [7, 11) is 1.93. The van der Waals surface area contributed by atoms with Crippen LogP contribution >= 0.6 is 24.0 Å². The van der Waals surface area contributed by atoms with Gasteiger partial charge in [-0.15, -0.1) is 24.0 Å². The van der Waals surface area contributed by atoms with E-state index in [4.69, 9.17) is 0 Å². The number of aryl methyl sites for hydroxylation is 1. The van der Waals surface area contributed by atoms with Gasteiger partial charge in [-0.3, -0.25) is 9.48 Å². The number of aromatic nitrogens is 2. The molecule has 0 spiro atoms. The standard InChI is InChI=1S/C19H32N6O.HI/c1-3-20-19(21-13-17-9-11-22-24(17)2)23-16-10-12-25(14-16)18(26)15-7-5-4-6-8-15;/h9,11,15-16H,3-8,10,12-14H2,1-2H3,(H2,20,21,23);1H. The number of nitrogens with one attached hydrogen (secondary N) is 2. The first-order chi connectivity index (χ1) is 12.7. The highest BCUT2D eigenvalue weighted by Crippen LogP contribution is 2.26. The van der Waals surface area contributed by atoms with Gasteiger partial charge in [-0.05, 0) is 32.3 Å². The van der Waals surface area contributed by atoms with Crippen LogP contribution in [0.4, 0.5) is 0 Å². The lowest BCUT2D eigenvalue weighted by Gasteiger charge is -2.26. The van der Waals surface area contributed by atoms with Gasteiger partial charge in [0.05, 0.1) is 12.2 Å². The number of carbonyl (C=O) groups is 1. The Morgan fingerprint density at radius 3 is 2.74 bits per heavy atom. The van der Waals surface area contributed by atoms with Gasteiger partial charge in [-0.25, -0.2) is 4.99 Å². The van der Waals surface area contributed by atoms with Gasteiger partial charge in [0.25, 0.3) is 0 Å². The molecule has 0 bridgehead atoms. The lowest BCUT2D eigenvalue weighted by molar-refractivity contribution is -0.135. The molecule has 8 heteroatoms. The first-order valence-electron chi connectivity index (χ1n) is 9.98. The molecule has 1 saturated heterocycles. The summed E-state index contributed by atoms with van der Waals surface area (Å²) in [4.78, 5) is 19.4. The second-order valence-electron chi connectivity index (χ2n) is 7.39. The van der Waals surface area contributed by atoms with Gasteiger partial charge in [-0.2, -0.15) is 5.10 Å². The number of nitrogens with zero attached hydrogens (tertiary/aromatic N) is 4. The van der Waals surface area contributed by atoms with Crippen LogP contribution in [0.1, 0.15) is 51.1 Å². The van der Waals surface area contributed by atoms with Crippen molar-refractivity contribution in [3.8, 4) is 0 Å². The minimum atomic E-state index is 0. The number of amides is 1. The maximum Gasteiger partial charge on any atom is 0.225 e. The van der Waals surface area contributed by atoms with Crippen molar-refractivity contribution in [1.29, 1.82) is 0 Å². The zero-order valence-corrected chi connectivity index (χ0v) is 18.8. The number of hydrogen-bond donors (Lipinski definition) is 2. The second kappa shape index (κ2) is 10.9. The SMILES string of the molecule is CCNC(=NCc1ccnn1C)NC1CCN(C(=O)C2CCCCC2)C1.I. The number of hydrogen-bond acceptors (Lipinski definition) is 3. The van der Waals surface area contributed by atoms with E-state index in [9.17, 15) is 4.79 Å². The average Bonchev–Trinajstić information content (AvgIpc) is 3.29. The van der Waals surface area contributed by atoms with Crippen molar-refractivity contribution in [3.05, 3.63) is 18.0 Å². The molecule has 2 N–H and O–H groups in total. The van der Waals surface area contributed by atoms with Crippen LogP contribution in [-0.2, 0) is 18.4 Å². The van der Waals surface area contributed by atoms with E-state index in [0.717, 1.165) is 50.6 Å². The summed E-state index contributed by atoms with van der Waals surface area (Å²) < 4.78 is 1.84. The van der Waals surface area contributed by atoms with Crippen LogP contribution < -0.4 is 10.6 Å². The molecule has 1 amide bonds. The van der Waals surface area contributed by atoms with Crippen LogP contribution in [0.25, 0.3) is 0 Å². The molecule has 1 unspecified atom stereocenters. The molecule has 1 atom stereocenters. The molecule has 0 radical (unpaired) electrons. The maximum atomic E-state index is 12.7. The zero-order valence-electron chi connectivity index (χ0n) is 16.5. The fourth-order valence-corrected chi connectivity index (χ4v) is 3.92. The third kappa shape index (κ3) is 6.08. The van der Waals surface area contributed by atoms with Crippen molar-refractivity contribution in [3.63, 3.8) is 0 Å². The molecular formula is C19H33IN6O. The largest absolute Gasteiger partial charge is 0.357 e. The summed E-state index contributed by atoms with van der Waals surface area (Å²) >= 11 is 0. The Kier molecular flexibility index (Phi) is 8.85. The third-order valence-corrected chi connectivity index (χ3v) is 5.46. The molecule has 7 nitrogen and oxygen atoms in total. The van der Waals surface area contributed by atoms with Crippen LogP contribution in [0.3, 0.4) is 0 Å². The maximum absolute atomic E-state index is 12.7. The van der Waals surface area contributed by atoms with Crippen LogP contribution in [0.2, 0.25) is 0 Å². The van der Waals surface area contributed by atoms with Gasteiger partial charge in [-0.1, -0.05) is 19.3 Å². The van der Waals surface area contributed by atoms with Gasteiger partial charge in [0.2, 0.25) is 5.91 Å². The highest BCUT2D eigenvalue weighted by molar-refractivity contribution is 14.0. The smallest absolute Gasteiger partial charge is 0.225 e. The molecular weight excluding hydrogens is 455 g/mol. The molecule has 152 valence electrons. The van der Waals surface area contributed by atoms with Gasteiger partial charge < -0.3 is 15.5 Å². The Labute approximate surface area is 179 Å². The van der Waals surface area contributed by atoms with Crippen molar-refractivity contribution in [2.24, 2.45) is 18.0 Å². The Bertz CT molecular complexity index is 625. The topological polar surface area (TPSA) is 74.6 Å². The van der Waals surface area contributed by atoms with Crippen LogP contribution in [0.15, 0.2) is 17.3 Å². The molecule has 1 aliphatic heterocycles. The third-order valence-electron chi connectivity index (χ3n) is 5.46. The molecule has 2 fully saturated rings. The summed E-state index contributed by atoms with van der Waals surface area (Å²) in [5, 5.41) is 11.0. The van der Waals surface area contributed by atoms with E-state index in [0.29, 0.717) is 12.5 Å². The Morgan fingerprint density at radius 2 is 2.07 bits per heavy atom. The van der Waals surface area contributed by atoms with Crippen LogP contribution in [0.5, 0.6) is 0 Å². The number of likely N-dealkylation sites (tertiary alicyclic amines) is 1. The monoisotopic (exact) mass is 488 g/mol. The summed E-state index contributed by atoms with van der Waals surface area (Å²) in [6.07, 6.45) is 8.61. The number of guanidine groups is 1. The first-order valence-corrected chi connectivity index (χ1v) is 9.98. The molecule has 27 heavy (non-hydrogen) atoms. The zero-order chi connectivity index (χ0) is 18.4. The van der Waals surface area contributed by atoms with Crippen molar-refractivity contribution in [1.82, 2.24) is 25.3 Å². The van der Waals surface area contributed by atoms with E-state index in [1.807, 2.05) is 17.8 Å². The molecule has 1 aromatic rings. The first kappa shape index (κ1) is 22.0. The quantitative estimate of drug-likeness (QED) is 0.379. The summed E-state index contributed by atoms with van der Waals surface area (Å²) in [6.45, 7) is 5.10. The minimum Gasteiger partial charge on any atom is -0.357 e. The summed E-state index contributed by atoms with van der Waals surface area (Å²) in [5.41, 5.74) is 1.07. The Morgan fingerprint density at radius 1 is 1.30 bits per heavy atom. The molecule has 1 saturated carbocycles. The van der Waals surface area contributed by atoms with Gasteiger partial charge >= 0.3 is 0 Å². The van der Waals surface area contributed by atoms with Crippen molar-refractivity contribution in [2.45, 2.75) is 58.0 Å². The number of aliphatic imine (C=N–C) groups is 1. The highest BCUT2D eigenvalue weighted by atomic mass is 127. The van der Waals surface area contributed by atoms with Crippen LogP contribution in [0, 0.1) is 5.92 Å². The molecule has 2 heterocycles. The second-order valence-corrected chi connectivity index (χ2v) is 7.39. The normalized spacial score (nSPS) is 21.0. The van der Waals surface area contributed by atoms with E-state index >= 15 is 0 Å². The minimum absolute atomic E-state index is 0. The fraction of sp³-hybridized carbons (Fsp3) is 0.737. The summed E-state index contributed by atoms with van der Waals surface area (Å²) in [5.74, 6) is 1.44. The van der Waals surface area contributed by atoms with Crippen molar-refractivity contribution >= 4 is 35.8 Å². The lowest BCUT2D eigenvalue weighted by atomic mass is 9.88. The van der Waals surface area contributed by atoms with E-state index in [1.165, 1.54) is 19.3 Å². The van der Waals surface area contributed by atoms with E-state index in [1.54, 1.807) is 6.20 Å². The molecule has 3 rings (SSSR count).